The molecule has 1 aliphatic heterocycles. The summed E-state index contributed by atoms with van der Waals surface area (Å²) in [7, 11) is 0. The van der Waals surface area contributed by atoms with Crippen molar-refractivity contribution < 1.29 is 4.74 Å². The number of aryl methyl sites for hydroxylation is 2. The van der Waals surface area contributed by atoms with Crippen LogP contribution in [0.4, 0.5) is 0 Å². The number of fused-ring (bicyclic) bond motifs is 3. The van der Waals surface area contributed by atoms with E-state index in [-0.39, 0.29) is 6.04 Å². The Labute approximate surface area is 180 Å². The third-order valence-corrected chi connectivity index (χ3v) is 6.51. The van der Waals surface area contributed by atoms with Gasteiger partial charge in [0.1, 0.15) is 11.6 Å². The second-order valence-corrected chi connectivity index (χ2v) is 9.02. The monoisotopic (exact) mass is 416 g/mol. The van der Waals surface area contributed by atoms with Gasteiger partial charge in [0.05, 0.1) is 12.3 Å². The molecule has 0 aliphatic carbocycles. The molecule has 0 saturated heterocycles. The molecule has 0 saturated carbocycles. The molecule has 2 aromatic heterocycles. The number of ether oxygens (including phenoxy) is 1. The molecule has 152 valence electrons. The molecule has 2 aromatic carbocycles. The van der Waals surface area contributed by atoms with Crippen LogP contribution < -0.4 is 4.74 Å². The minimum Gasteiger partial charge on any atom is -0.492 e. The van der Waals surface area contributed by atoms with Gasteiger partial charge in [-0.05, 0) is 56.5 Å². The summed E-state index contributed by atoms with van der Waals surface area (Å²) < 4.78 is 8.10. The highest BCUT2D eigenvalue weighted by atomic mass is 32.1. The molecule has 0 bridgehead atoms. The molecule has 5 rings (SSSR count). The average Bonchev–Trinajstić information content (AvgIpc) is 3.28. The van der Waals surface area contributed by atoms with Crippen molar-refractivity contribution in [2.75, 3.05) is 6.61 Å². The minimum atomic E-state index is 0.234. The third-order valence-electron chi connectivity index (χ3n) is 5.39. The molecular formula is C24H24N4OS. The molecule has 30 heavy (non-hydrogen) atoms. The Hall–Kier alpha value is -2.99. The molecule has 0 N–H and O–H groups in total. The van der Waals surface area contributed by atoms with Crippen molar-refractivity contribution in [2.24, 2.45) is 0 Å². The van der Waals surface area contributed by atoms with Crippen molar-refractivity contribution >= 4 is 11.3 Å². The van der Waals surface area contributed by atoms with Gasteiger partial charge in [-0.15, -0.1) is 11.3 Å². The molecule has 3 heterocycles. The first-order chi connectivity index (χ1) is 14.5. The van der Waals surface area contributed by atoms with Crippen LogP contribution in [-0.2, 0) is 6.42 Å². The Morgan fingerprint density at radius 3 is 2.67 bits per heavy atom. The fourth-order valence-corrected chi connectivity index (χ4v) is 4.96. The lowest BCUT2D eigenvalue weighted by Gasteiger charge is -2.11. The maximum atomic E-state index is 6.14. The lowest BCUT2D eigenvalue weighted by atomic mass is 9.98. The van der Waals surface area contributed by atoms with E-state index in [0.717, 1.165) is 40.1 Å². The highest BCUT2D eigenvalue weighted by Gasteiger charge is 2.24. The Morgan fingerprint density at radius 1 is 1.03 bits per heavy atom. The van der Waals surface area contributed by atoms with Crippen molar-refractivity contribution in [2.45, 2.75) is 40.2 Å². The van der Waals surface area contributed by atoms with Crippen LogP contribution in [0.25, 0.3) is 33.2 Å². The zero-order chi connectivity index (χ0) is 20.8. The number of hydrogen-bond acceptors (Lipinski definition) is 5. The molecule has 1 aliphatic rings. The predicted molar refractivity (Wildman–Crippen MR) is 121 cm³/mol. The van der Waals surface area contributed by atoms with Crippen molar-refractivity contribution in [3.05, 3.63) is 58.7 Å². The van der Waals surface area contributed by atoms with E-state index in [1.54, 1.807) is 11.3 Å². The van der Waals surface area contributed by atoms with Gasteiger partial charge in [-0.1, -0.05) is 30.3 Å². The Kier molecular flexibility index (Phi) is 4.66. The highest BCUT2D eigenvalue weighted by molar-refractivity contribution is 7.15. The zero-order valence-electron chi connectivity index (χ0n) is 17.6. The maximum Gasteiger partial charge on any atom is 0.187 e. The van der Waals surface area contributed by atoms with Crippen LogP contribution in [0.2, 0.25) is 0 Å². The van der Waals surface area contributed by atoms with Gasteiger partial charge in [-0.3, -0.25) is 0 Å². The number of rotatable bonds is 3. The molecule has 0 unspecified atom stereocenters. The van der Waals surface area contributed by atoms with Gasteiger partial charge in [0.25, 0.3) is 0 Å². The van der Waals surface area contributed by atoms with Crippen molar-refractivity contribution in [3.8, 4) is 39.0 Å². The molecule has 0 fully saturated rings. The van der Waals surface area contributed by atoms with Gasteiger partial charge in [-0.25, -0.2) is 14.6 Å². The Bertz CT molecular complexity index is 1240. The summed E-state index contributed by atoms with van der Waals surface area (Å²) in [6, 6.07) is 15.1. The summed E-state index contributed by atoms with van der Waals surface area (Å²) in [5, 5.41) is 5.48. The smallest absolute Gasteiger partial charge is 0.187 e. The first kappa shape index (κ1) is 19.0. The van der Waals surface area contributed by atoms with E-state index in [2.05, 4.69) is 73.3 Å². The quantitative estimate of drug-likeness (QED) is 0.419. The topological polar surface area (TPSA) is 52.8 Å². The van der Waals surface area contributed by atoms with Crippen LogP contribution in [0, 0.1) is 13.8 Å². The molecule has 0 amide bonds. The minimum absolute atomic E-state index is 0.234. The largest absolute Gasteiger partial charge is 0.492 e. The molecular weight excluding hydrogens is 392 g/mol. The Morgan fingerprint density at radius 2 is 1.87 bits per heavy atom. The fourth-order valence-electron chi connectivity index (χ4n) is 3.92. The van der Waals surface area contributed by atoms with E-state index in [1.165, 1.54) is 21.6 Å². The second-order valence-electron chi connectivity index (χ2n) is 7.94. The number of thiazole rings is 1. The number of aromatic nitrogens is 4. The van der Waals surface area contributed by atoms with Crippen molar-refractivity contribution in [3.63, 3.8) is 0 Å². The summed E-state index contributed by atoms with van der Waals surface area (Å²) in [6.45, 7) is 8.95. The molecule has 0 radical (unpaired) electrons. The Balaban J connectivity index is 1.61. The predicted octanol–water partition coefficient (Wildman–Crippen LogP) is 5.87. The van der Waals surface area contributed by atoms with Gasteiger partial charge in [0.15, 0.2) is 10.8 Å². The maximum absolute atomic E-state index is 6.14. The van der Waals surface area contributed by atoms with E-state index >= 15 is 0 Å². The number of benzene rings is 2. The number of nitrogens with zero attached hydrogens (tertiary/aromatic N) is 4. The van der Waals surface area contributed by atoms with Gasteiger partial charge < -0.3 is 4.74 Å². The van der Waals surface area contributed by atoms with Crippen molar-refractivity contribution in [1.82, 2.24) is 19.7 Å². The SMILES string of the molecule is Cc1nc(-c2nc3c(s2)CCOc2cc(-c4ccccc4C)ccc2-3)n(C(C)C)n1. The van der Waals surface area contributed by atoms with Crippen LogP contribution in [0.1, 0.15) is 36.2 Å². The summed E-state index contributed by atoms with van der Waals surface area (Å²) in [5.41, 5.74) is 5.71. The zero-order valence-corrected chi connectivity index (χ0v) is 18.5. The molecule has 0 spiro atoms. The summed E-state index contributed by atoms with van der Waals surface area (Å²) in [5.74, 6) is 2.52. The van der Waals surface area contributed by atoms with Crippen LogP contribution in [-0.4, -0.2) is 26.4 Å². The highest BCUT2D eigenvalue weighted by Crippen LogP contribution is 2.42. The van der Waals surface area contributed by atoms with Crippen LogP contribution >= 0.6 is 11.3 Å². The molecule has 6 heteroatoms. The summed E-state index contributed by atoms with van der Waals surface area (Å²) >= 11 is 1.70. The van der Waals surface area contributed by atoms with Crippen LogP contribution in [0.3, 0.4) is 0 Å². The third kappa shape index (κ3) is 3.21. The van der Waals surface area contributed by atoms with Gasteiger partial charge >= 0.3 is 0 Å². The lowest BCUT2D eigenvalue weighted by Crippen LogP contribution is -2.05. The van der Waals surface area contributed by atoms with Crippen molar-refractivity contribution in [1.29, 1.82) is 0 Å². The summed E-state index contributed by atoms with van der Waals surface area (Å²) in [6.07, 6.45) is 0.843. The molecule has 0 atom stereocenters. The standard InChI is InChI=1S/C24H24N4OS/c1-14(2)28-23(25-16(4)27-28)24-26-22-19-10-9-17(18-8-6-5-7-15(18)3)13-20(19)29-12-11-21(22)30-24/h5-10,13-14H,11-12H2,1-4H3. The van der Waals surface area contributed by atoms with Crippen LogP contribution in [0.5, 0.6) is 5.75 Å². The average molecular weight is 417 g/mol. The summed E-state index contributed by atoms with van der Waals surface area (Å²) in [4.78, 5) is 10.9. The van der Waals surface area contributed by atoms with E-state index < -0.39 is 0 Å². The first-order valence-corrected chi connectivity index (χ1v) is 11.1. The fraction of sp³-hybridized carbons (Fsp3) is 0.292. The number of hydrogen-bond donors (Lipinski definition) is 0. The molecule has 4 aromatic rings. The molecule has 5 nitrogen and oxygen atoms in total. The van der Waals surface area contributed by atoms with E-state index in [1.807, 2.05) is 11.6 Å². The van der Waals surface area contributed by atoms with E-state index in [9.17, 15) is 0 Å². The van der Waals surface area contributed by atoms with E-state index in [4.69, 9.17) is 9.72 Å². The van der Waals surface area contributed by atoms with E-state index in [0.29, 0.717) is 6.61 Å². The van der Waals surface area contributed by atoms with Gasteiger partial charge in [0.2, 0.25) is 0 Å². The van der Waals surface area contributed by atoms with Gasteiger partial charge in [-0.2, -0.15) is 5.10 Å². The van der Waals surface area contributed by atoms with Gasteiger partial charge in [0, 0.05) is 22.9 Å². The first-order valence-electron chi connectivity index (χ1n) is 10.3. The van der Waals surface area contributed by atoms with Crippen LogP contribution in [0.15, 0.2) is 42.5 Å². The normalized spacial score (nSPS) is 13.0. The second kappa shape index (κ2) is 7.36. The lowest BCUT2D eigenvalue weighted by molar-refractivity contribution is 0.327.